The smallest absolute Gasteiger partial charge is 0.00773 e. The summed E-state index contributed by atoms with van der Waals surface area (Å²) < 4.78 is 0. The maximum atomic E-state index is 6.81. The van der Waals surface area contributed by atoms with Gasteiger partial charge in [0.05, 0.1) is 0 Å². The molecule has 0 heterocycles. The van der Waals surface area contributed by atoms with E-state index in [1.807, 2.05) is 0 Å². The molecule has 0 aromatic rings. The lowest BCUT2D eigenvalue weighted by Gasteiger charge is -1.98. The highest BCUT2D eigenvalue weighted by molar-refractivity contribution is 4.51. The first-order chi connectivity index (χ1) is 3.91. The monoisotopic (exact) mass is 115 g/mol. The Morgan fingerprint density at radius 3 is 2.12 bits per heavy atom. The van der Waals surface area contributed by atoms with Crippen LogP contribution in [0.25, 0.3) is 5.73 Å². The van der Waals surface area contributed by atoms with Crippen molar-refractivity contribution in [2.45, 2.75) is 25.7 Å². The van der Waals surface area contributed by atoms with E-state index in [9.17, 15) is 0 Å². The highest BCUT2D eigenvalue weighted by Gasteiger charge is 1.81. The number of nitrogens with two attached hydrogens (primary N) is 1. The Balaban J connectivity index is 2.53. The lowest BCUT2D eigenvalue weighted by atomic mass is 10.2. The quantitative estimate of drug-likeness (QED) is 0.543. The molecule has 3 N–H and O–H groups in total. The van der Waals surface area contributed by atoms with Gasteiger partial charge in [-0.3, -0.25) is 0 Å². The van der Waals surface area contributed by atoms with E-state index in [4.69, 9.17) is 11.5 Å². The Labute approximate surface area is 51.2 Å². The molecule has 0 amide bonds. The van der Waals surface area contributed by atoms with Crippen LogP contribution in [0.3, 0.4) is 0 Å². The highest BCUT2D eigenvalue weighted by Crippen LogP contribution is 1.97. The maximum Gasteiger partial charge on any atom is -0.00773 e. The molecule has 0 rings (SSSR count). The second-order valence-electron chi connectivity index (χ2n) is 1.95. The Morgan fingerprint density at radius 2 is 1.62 bits per heavy atom. The third-order valence-electron chi connectivity index (χ3n) is 1.13. The van der Waals surface area contributed by atoms with Gasteiger partial charge < -0.3 is 11.5 Å². The summed E-state index contributed by atoms with van der Waals surface area (Å²) in [6.45, 7) is 1.38. The fourth-order valence-corrected chi connectivity index (χ4v) is 0.623. The molecule has 8 heavy (non-hydrogen) atoms. The molecule has 0 aliphatic carbocycles. The topological polar surface area (TPSA) is 49.8 Å². The molecule has 2 heteroatoms. The van der Waals surface area contributed by atoms with E-state index in [-0.39, 0.29) is 0 Å². The normalized spacial score (nSPS) is 9.75. The van der Waals surface area contributed by atoms with Crippen molar-refractivity contribution in [2.75, 3.05) is 13.1 Å². The summed E-state index contributed by atoms with van der Waals surface area (Å²) in [5, 5.41) is 0. The second-order valence-corrected chi connectivity index (χ2v) is 1.95. The minimum Gasteiger partial charge on any atom is -0.677 e. The third kappa shape index (κ3) is 5.92. The average Bonchev–Trinajstić information content (AvgIpc) is 1.81. The first kappa shape index (κ1) is 7.92. The molecule has 0 atom stereocenters. The largest absolute Gasteiger partial charge is 0.677 e. The van der Waals surface area contributed by atoms with Crippen LogP contribution in [0.4, 0.5) is 0 Å². The van der Waals surface area contributed by atoms with Crippen molar-refractivity contribution in [3.8, 4) is 0 Å². The first-order valence-electron chi connectivity index (χ1n) is 3.26. The van der Waals surface area contributed by atoms with Gasteiger partial charge in [0.25, 0.3) is 0 Å². The van der Waals surface area contributed by atoms with Crippen molar-refractivity contribution in [3.05, 3.63) is 5.73 Å². The highest BCUT2D eigenvalue weighted by atomic mass is 14.5. The summed E-state index contributed by atoms with van der Waals surface area (Å²) in [6.07, 6.45) is 4.55. The van der Waals surface area contributed by atoms with E-state index in [0.29, 0.717) is 6.54 Å². The molecule has 0 saturated carbocycles. The molecular weight excluding hydrogens is 100 g/mol. The van der Waals surface area contributed by atoms with Gasteiger partial charge >= 0.3 is 0 Å². The lowest BCUT2D eigenvalue weighted by Crippen LogP contribution is -1.97. The zero-order valence-corrected chi connectivity index (χ0v) is 5.32. The first-order valence-corrected chi connectivity index (χ1v) is 3.26. The van der Waals surface area contributed by atoms with E-state index >= 15 is 0 Å². The number of rotatable bonds is 5. The molecular formula is C6H15N2-. The number of nitrogens with one attached hydrogen (secondary N) is 1. The summed E-state index contributed by atoms with van der Waals surface area (Å²) in [7, 11) is 0. The standard InChI is InChI=1S/C6H15N2/c7-5-3-1-2-4-6-8/h7H,1-6,8H2/q-1. The van der Waals surface area contributed by atoms with E-state index in [1.165, 1.54) is 12.8 Å². The van der Waals surface area contributed by atoms with Gasteiger partial charge in [-0.15, -0.1) is 0 Å². The maximum absolute atomic E-state index is 6.81. The molecule has 50 valence electrons. The van der Waals surface area contributed by atoms with Crippen LogP contribution < -0.4 is 5.73 Å². The Morgan fingerprint density at radius 1 is 1.00 bits per heavy atom. The van der Waals surface area contributed by atoms with Crippen LogP contribution in [-0.4, -0.2) is 13.1 Å². The summed E-state index contributed by atoms with van der Waals surface area (Å²) >= 11 is 0. The van der Waals surface area contributed by atoms with Gasteiger partial charge in [-0.25, -0.2) is 0 Å². The van der Waals surface area contributed by atoms with Crippen LogP contribution >= 0.6 is 0 Å². The summed E-state index contributed by atoms with van der Waals surface area (Å²) in [5.74, 6) is 0. The Hall–Kier alpha value is -0.0800. The third-order valence-corrected chi connectivity index (χ3v) is 1.13. The van der Waals surface area contributed by atoms with Crippen LogP contribution in [0.5, 0.6) is 0 Å². The zero-order valence-electron chi connectivity index (χ0n) is 5.32. The zero-order chi connectivity index (χ0) is 6.24. The van der Waals surface area contributed by atoms with E-state index < -0.39 is 0 Å². The second kappa shape index (κ2) is 6.92. The minimum atomic E-state index is 0.574. The summed E-state index contributed by atoms with van der Waals surface area (Å²) in [6, 6.07) is 0. The number of hydrogen-bond acceptors (Lipinski definition) is 1. The van der Waals surface area contributed by atoms with Crippen LogP contribution in [0.2, 0.25) is 0 Å². The predicted molar refractivity (Wildman–Crippen MR) is 36.7 cm³/mol. The molecule has 0 unspecified atom stereocenters. The molecule has 2 nitrogen and oxygen atoms in total. The summed E-state index contributed by atoms with van der Waals surface area (Å²) in [4.78, 5) is 0. The van der Waals surface area contributed by atoms with Gasteiger partial charge in [0.1, 0.15) is 0 Å². The van der Waals surface area contributed by atoms with Gasteiger partial charge in [-0.05, 0) is 13.0 Å². The van der Waals surface area contributed by atoms with Gasteiger partial charge in [0, 0.05) is 0 Å². The van der Waals surface area contributed by atoms with Crippen molar-refractivity contribution in [2.24, 2.45) is 5.73 Å². The number of hydrogen-bond donors (Lipinski definition) is 1. The molecule has 0 aliphatic heterocycles. The molecule has 0 fully saturated rings. The van der Waals surface area contributed by atoms with Crippen molar-refractivity contribution in [3.63, 3.8) is 0 Å². The molecule has 0 spiro atoms. The van der Waals surface area contributed by atoms with Crippen LogP contribution in [0, 0.1) is 0 Å². The molecule has 0 radical (unpaired) electrons. The predicted octanol–water partition coefficient (Wildman–Crippen LogP) is 1.56. The molecule has 0 aromatic carbocycles. The van der Waals surface area contributed by atoms with Crippen molar-refractivity contribution >= 4 is 0 Å². The van der Waals surface area contributed by atoms with Crippen molar-refractivity contribution < 1.29 is 0 Å². The van der Waals surface area contributed by atoms with Crippen molar-refractivity contribution in [1.82, 2.24) is 0 Å². The van der Waals surface area contributed by atoms with E-state index in [0.717, 1.165) is 19.4 Å². The number of unbranched alkanes of at least 4 members (excludes halogenated alkanes) is 3. The van der Waals surface area contributed by atoms with Crippen molar-refractivity contribution in [1.29, 1.82) is 0 Å². The summed E-state index contributed by atoms with van der Waals surface area (Å²) in [5.41, 5.74) is 12.1. The van der Waals surface area contributed by atoms with Gasteiger partial charge in [-0.2, -0.15) is 6.54 Å². The fraction of sp³-hybridized carbons (Fsp3) is 1.00. The van der Waals surface area contributed by atoms with Crippen LogP contribution in [0.15, 0.2) is 0 Å². The average molecular weight is 115 g/mol. The SMILES string of the molecule is [NH-]CCCCCCN. The Bertz CT molecular complexity index is 31.5. The fourth-order valence-electron chi connectivity index (χ4n) is 0.623. The molecule has 0 bridgehead atoms. The van der Waals surface area contributed by atoms with E-state index in [2.05, 4.69) is 0 Å². The molecule has 0 aromatic heterocycles. The van der Waals surface area contributed by atoms with Gasteiger partial charge in [0.15, 0.2) is 0 Å². The molecule has 0 aliphatic rings. The van der Waals surface area contributed by atoms with Gasteiger partial charge in [0.2, 0.25) is 0 Å². The van der Waals surface area contributed by atoms with Gasteiger partial charge in [-0.1, -0.05) is 19.3 Å². The van der Waals surface area contributed by atoms with E-state index in [1.54, 1.807) is 0 Å². The lowest BCUT2D eigenvalue weighted by molar-refractivity contribution is 0.669. The van der Waals surface area contributed by atoms with Crippen LogP contribution in [-0.2, 0) is 0 Å². The van der Waals surface area contributed by atoms with Crippen LogP contribution in [0.1, 0.15) is 25.7 Å². The molecule has 0 saturated heterocycles. The minimum absolute atomic E-state index is 0.574. The Kier molecular flexibility index (Phi) is 6.85.